The van der Waals surface area contributed by atoms with Crippen LogP contribution in [0.3, 0.4) is 0 Å². The number of aliphatic carboxylic acids is 1. The van der Waals surface area contributed by atoms with E-state index >= 15 is 0 Å². The van der Waals surface area contributed by atoms with Crippen LogP contribution in [0.4, 0.5) is 0 Å². The van der Waals surface area contributed by atoms with E-state index < -0.39 is 5.97 Å². The van der Waals surface area contributed by atoms with E-state index in [1.807, 2.05) is 18.7 Å². The normalized spacial score (nSPS) is 17.5. The molecule has 1 saturated heterocycles. The SMILES string of the molecule is CC(C)NC(=O)CCN1CC(C(=O)O)C1. The number of carbonyl (C=O) groups excluding carboxylic acids is 1. The maximum Gasteiger partial charge on any atom is 0.309 e. The molecule has 0 aromatic carbocycles. The fraction of sp³-hybridized carbons (Fsp3) is 0.800. The summed E-state index contributed by atoms with van der Waals surface area (Å²) in [6, 6.07) is 0.167. The van der Waals surface area contributed by atoms with Crippen LogP contribution in [-0.2, 0) is 9.59 Å². The molecular formula is C10H18N2O3. The highest BCUT2D eigenvalue weighted by atomic mass is 16.4. The monoisotopic (exact) mass is 214 g/mol. The van der Waals surface area contributed by atoms with Gasteiger partial charge in [0.1, 0.15) is 0 Å². The molecule has 0 spiro atoms. The Labute approximate surface area is 89.4 Å². The molecule has 5 nitrogen and oxygen atoms in total. The summed E-state index contributed by atoms with van der Waals surface area (Å²) in [5, 5.41) is 11.4. The van der Waals surface area contributed by atoms with E-state index in [9.17, 15) is 9.59 Å². The number of hydrogen-bond acceptors (Lipinski definition) is 3. The van der Waals surface area contributed by atoms with Crippen LogP contribution in [0, 0.1) is 5.92 Å². The molecular weight excluding hydrogens is 196 g/mol. The summed E-state index contributed by atoms with van der Waals surface area (Å²) in [5.41, 5.74) is 0. The van der Waals surface area contributed by atoms with Gasteiger partial charge >= 0.3 is 5.97 Å². The number of nitrogens with zero attached hydrogens (tertiary/aromatic N) is 1. The molecule has 15 heavy (non-hydrogen) atoms. The van der Waals surface area contributed by atoms with Gasteiger partial charge in [0.25, 0.3) is 0 Å². The summed E-state index contributed by atoms with van der Waals surface area (Å²) in [7, 11) is 0. The highest BCUT2D eigenvalue weighted by molar-refractivity contribution is 5.76. The Bertz CT molecular complexity index is 247. The van der Waals surface area contributed by atoms with Crippen LogP contribution in [0.25, 0.3) is 0 Å². The van der Waals surface area contributed by atoms with Crippen molar-refractivity contribution < 1.29 is 14.7 Å². The molecule has 1 rings (SSSR count). The van der Waals surface area contributed by atoms with Crippen LogP contribution in [-0.4, -0.2) is 47.6 Å². The minimum Gasteiger partial charge on any atom is -0.481 e. The van der Waals surface area contributed by atoms with E-state index in [4.69, 9.17) is 5.11 Å². The minimum absolute atomic E-state index is 0.0313. The predicted molar refractivity (Wildman–Crippen MR) is 55.5 cm³/mol. The summed E-state index contributed by atoms with van der Waals surface area (Å²) in [6.45, 7) is 5.64. The standard InChI is InChI=1S/C10H18N2O3/c1-7(2)11-9(13)3-4-12-5-8(6-12)10(14)15/h7-8H,3-6H2,1-2H3,(H,11,13)(H,14,15). The molecule has 5 heteroatoms. The van der Waals surface area contributed by atoms with Crippen molar-refractivity contribution in [1.29, 1.82) is 0 Å². The summed E-state index contributed by atoms with van der Waals surface area (Å²) in [4.78, 5) is 23.7. The second-order valence-corrected chi connectivity index (χ2v) is 4.27. The summed E-state index contributed by atoms with van der Waals surface area (Å²) >= 11 is 0. The molecule has 1 fully saturated rings. The number of likely N-dealkylation sites (tertiary alicyclic amines) is 1. The van der Waals surface area contributed by atoms with Gasteiger partial charge in [0.2, 0.25) is 5.91 Å². The topological polar surface area (TPSA) is 69.6 Å². The van der Waals surface area contributed by atoms with Crippen LogP contribution in [0.1, 0.15) is 20.3 Å². The third kappa shape index (κ3) is 3.87. The van der Waals surface area contributed by atoms with Crippen molar-refractivity contribution in [2.75, 3.05) is 19.6 Å². The van der Waals surface area contributed by atoms with E-state index in [1.165, 1.54) is 0 Å². The summed E-state index contributed by atoms with van der Waals surface area (Å²) < 4.78 is 0. The van der Waals surface area contributed by atoms with E-state index in [0.29, 0.717) is 26.1 Å². The lowest BCUT2D eigenvalue weighted by atomic mass is 10.0. The van der Waals surface area contributed by atoms with Crippen molar-refractivity contribution in [3.05, 3.63) is 0 Å². The first-order valence-electron chi connectivity index (χ1n) is 5.23. The second kappa shape index (κ2) is 5.11. The number of carboxylic acid groups (broad SMARTS) is 1. The molecule has 1 heterocycles. The number of rotatable bonds is 5. The van der Waals surface area contributed by atoms with Crippen molar-refractivity contribution in [3.63, 3.8) is 0 Å². The Hall–Kier alpha value is -1.10. The first-order chi connectivity index (χ1) is 6.99. The largest absolute Gasteiger partial charge is 0.481 e. The Morgan fingerprint density at radius 2 is 2.07 bits per heavy atom. The second-order valence-electron chi connectivity index (χ2n) is 4.27. The first kappa shape index (κ1) is 12.0. The zero-order valence-electron chi connectivity index (χ0n) is 9.19. The third-order valence-electron chi connectivity index (χ3n) is 2.41. The fourth-order valence-electron chi connectivity index (χ4n) is 1.56. The Balaban J connectivity index is 2.08. The van der Waals surface area contributed by atoms with Gasteiger partial charge < -0.3 is 15.3 Å². The number of amides is 1. The van der Waals surface area contributed by atoms with Crippen molar-refractivity contribution in [2.24, 2.45) is 5.92 Å². The Morgan fingerprint density at radius 3 is 2.53 bits per heavy atom. The van der Waals surface area contributed by atoms with E-state index in [1.54, 1.807) is 0 Å². The summed E-state index contributed by atoms with van der Waals surface area (Å²) in [6.07, 6.45) is 0.449. The van der Waals surface area contributed by atoms with E-state index in [0.717, 1.165) is 0 Å². The van der Waals surface area contributed by atoms with Crippen LogP contribution in [0.2, 0.25) is 0 Å². The molecule has 0 unspecified atom stereocenters. The van der Waals surface area contributed by atoms with Gasteiger partial charge in [-0.05, 0) is 13.8 Å². The van der Waals surface area contributed by atoms with Gasteiger partial charge in [-0.15, -0.1) is 0 Å². The quantitative estimate of drug-likeness (QED) is 0.671. The molecule has 86 valence electrons. The lowest BCUT2D eigenvalue weighted by Crippen LogP contribution is -2.51. The summed E-state index contributed by atoms with van der Waals surface area (Å²) in [5.74, 6) is -0.945. The third-order valence-corrected chi connectivity index (χ3v) is 2.41. The average molecular weight is 214 g/mol. The Kier molecular flexibility index (Phi) is 4.08. The number of carboxylic acids is 1. The number of carbonyl (C=O) groups is 2. The smallest absolute Gasteiger partial charge is 0.309 e. The zero-order valence-corrected chi connectivity index (χ0v) is 9.19. The van der Waals surface area contributed by atoms with E-state index in [-0.39, 0.29) is 17.9 Å². The molecule has 2 N–H and O–H groups in total. The number of nitrogens with one attached hydrogen (secondary N) is 1. The molecule has 0 saturated carbocycles. The molecule has 1 amide bonds. The molecule has 0 aromatic heterocycles. The van der Waals surface area contributed by atoms with Crippen LogP contribution < -0.4 is 5.32 Å². The van der Waals surface area contributed by atoms with Crippen LogP contribution >= 0.6 is 0 Å². The van der Waals surface area contributed by atoms with Gasteiger partial charge in [0.05, 0.1) is 5.92 Å². The van der Waals surface area contributed by atoms with Gasteiger partial charge in [-0.2, -0.15) is 0 Å². The van der Waals surface area contributed by atoms with Gasteiger partial charge in [0.15, 0.2) is 0 Å². The highest BCUT2D eigenvalue weighted by Crippen LogP contribution is 2.15. The Morgan fingerprint density at radius 1 is 1.47 bits per heavy atom. The van der Waals surface area contributed by atoms with Gasteiger partial charge in [0, 0.05) is 32.1 Å². The van der Waals surface area contributed by atoms with Gasteiger partial charge in [-0.1, -0.05) is 0 Å². The maximum absolute atomic E-state index is 11.3. The lowest BCUT2D eigenvalue weighted by molar-refractivity contribution is -0.147. The zero-order chi connectivity index (χ0) is 11.4. The maximum atomic E-state index is 11.3. The van der Waals surface area contributed by atoms with Gasteiger partial charge in [-0.3, -0.25) is 9.59 Å². The molecule has 1 aliphatic heterocycles. The van der Waals surface area contributed by atoms with Crippen LogP contribution in [0.15, 0.2) is 0 Å². The molecule has 0 atom stereocenters. The molecule has 0 radical (unpaired) electrons. The minimum atomic E-state index is -0.738. The molecule has 0 bridgehead atoms. The molecule has 1 aliphatic rings. The van der Waals surface area contributed by atoms with Crippen molar-refractivity contribution in [1.82, 2.24) is 10.2 Å². The fourth-order valence-corrected chi connectivity index (χ4v) is 1.56. The average Bonchev–Trinajstić information content (AvgIpc) is 1.98. The van der Waals surface area contributed by atoms with Crippen LogP contribution in [0.5, 0.6) is 0 Å². The molecule has 0 aliphatic carbocycles. The van der Waals surface area contributed by atoms with Crippen molar-refractivity contribution in [2.45, 2.75) is 26.3 Å². The van der Waals surface area contributed by atoms with Crippen molar-refractivity contribution >= 4 is 11.9 Å². The predicted octanol–water partition coefficient (Wildman–Crippen LogP) is -0.0825. The first-order valence-corrected chi connectivity index (χ1v) is 5.23. The van der Waals surface area contributed by atoms with Crippen molar-refractivity contribution in [3.8, 4) is 0 Å². The van der Waals surface area contributed by atoms with E-state index in [2.05, 4.69) is 5.32 Å². The molecule has 0 aromatic rings. The highest BCUT2D eigenvalue weighted by Gasteiger charge is 2.32. The number of hydrogen-bond donors (Lipinski definition) is 2. The lowest BCUT2D eigenvalue weighted by Gasteiger charge is -2.36. The van der Waals surface area contributed by atoms with Gasteiger partial charge in [-0.25, -0.2) is 0 Å².